The molecule has 0 bridgehead atoms. The van der Waals surface area contributed by atoms with Crippen LogP contribution in [0.2, 0.25) is 5.02 Å². The molecule has 37 heavy (non-hydrogen) atoms. The third kappa shape index (κ3) is 6.98. The van der Waals surface area contributed by atoms with Crippen molar-refractivity contribution in [3.8, 4) is 5.75 Å². The van der Waals surface area contributed by atoms with Gasteiger partial charge in [0.25, 0.3) is 0 Å². The summed E-state index contributed by atoms with van der Waals surface area (Å²) in [5.74, 6) is 0.198. The molecule has 0 aliphatic heterocycles. The van der Waals surface area contributed by atoms with Crippen molar-refractivity contribution in [2.24, 2.45) is 0 Å². The van der Waals surface area contributed by atoms with Gasteiger partial charge in [0.05, 0.1) is 4.90 Å². The van der Waals surface area contributed by atoms with Crippen molar-refractivity contribution < 1.29 is 17.9 Å². The van der Waals surface area contributed by atoms with Crippen molar-refractivity contribution >= 4 is 33.2 Å². The fraction of sp³-hybridized carbons (Fsp3) is 0.138. The third-order valence-electron chi connectivity index (χ3n) is 5.78. The molecule has 4 rings (SSSR count). The highest BCUT2D eigenvalue weighted by molar-refractivity contribution is 7.89. The topological polar surface area (TPSA) is 75.7 Å². The van der Waals surface area contributed by atoms with Gasteiger partial charge in [0, 0.05) is 17.3 Å². The second-order valence-corrected chi connectivity index (χ2v) is 10.8. The predicted octanol–water partition coefficient (Wildman–Crippen LogP) is 6.14. The molecule has 190 valence electrons. The Morgan fingerprint density at radius 1 is 0.838 bits per heavy atom. The number of carbonyl (C=O) groups is 1. The van der Waals surface area contributed by atoms with Gasteiger partial charge in [-0.25, -0.2) is 8.42 Å². The Morgan fingerprint density at radius 2 is 1.43 bits per heavy atom. The van der Waals surface area contributed by atoms with Crippen molar-refractivity contribution in [1.82, 2.24) is 4.31 Å². The van der Waals surface area contributed by atoms with Crippen LogP contribution < -0.4 is 10.1 Å². The number of nitrogens with one attached hydrogen (secondary N) is 1. The summed E-state index contributed by atoms with van der Waals surface area (Å²) in [4.78, 5) is 13.3. The van der Waals surface area contributed by atoms with Gasteiger partial charge < -0.3 is 10.1 Å². The molecule has 4 aromatic rings. The number of anilines is 1. The summed E-state index contributed by atoms with van der Waals surface area (Å²) < 4.78 is 34.0. The first-order valence-corrected chi connectivity index (χ1v) is 13.5. The smallest absolute Gasteiger partial charge is 0.244 e. The Kier molecular flexibility index (Phi) is 8.61. The van der Waals surface area contributed by atoms with Gasteiger partial charge in [-0.3, -0.25) is 4.79 Å². The highest BCUT2D eigenvalue weighted by atomic mass is 35.5. The maximum absolute atomic E-state index is 13.5. The van der Waals surface area contributed by atoms with Gasteiger partial charge in [-0.05, 0) is 66.6 Å². The zero-order chi connectivity index (χ0) is 26.3. The van der Waals surface area contributed by atoms with Gasteiger partial charge in [-0.1, -0.05) is 72.3 Å². The normalized spacial score (nSPS) is 12.2. The Hall–Kier alpha value is -3.65. The summed E-state index contributed by atoms with van der Waals surface area (Å²) in [5.41, 5.74) is 2.30. The molecule has 1 N–H and O–H groups in total. The lowest BCUT2D eigenvalue weighted by Crippen LogP contribution is -2.45. The minimum absolute atomic E-state index is 0.0597. The van der Waals surface area contributed by atoms with E-state index in [1.807, 2.05) is 42.5 Å². The van der Waals surface area contributed by atoms with Crippen LogP contribution in [0.3, 0.4) is 0 Å². The monoisotopic (exact) mass is 534 g/mol. The van der Waals surface area contributed by atoms with E-state index in [0.717, 1.165) is 11.1 Å². The van der Waals surface area contributed by atoms with E-state index in [-0.39, 0.29) is 11.4 Å². The van der Waals surface area contributed by atoms with Crippen LogP contribution in [-0.4, -0.2) is 24.7 Å². The summed E-state index contributed by atoms with van der Waals surface area (Å²) in [7, 11) is -3.93. The molecule has 0 saturated carbocycles. The van der Waals surface area contributed by atoms with Crippen LogP contribution >= 0.6 is 11.6 Å². The second-order valence-electron chi connectivity index (χ2n) is 8.45. The zero-order valence-electron chi connectivity index (χ0n) is 20.3. The Morgan fingerprint density at radius 3 is 2.05 bits per heavy atom. The van der Waals surface area contributed by atoms with Crippen LogP contribution in [0, 0.1) is 0 Å². The summed E-state index contributed by atoms with van der Waals surface area (Å²) in [6, 6.07) is 30.7. The van der Waals surface area contributed by atoms with Gasteiger partial charge in [-0.15, -0.1) is 0 Å². The van der Waals surface area contributed by atoms with Gasteiger partial charge in [-0.2, -0.15) is 4.31 Å². The molecule has 0 aliphatic carbocycles. The highest BCUT2D eigenvalue weighted by Gasteiger charge is 2.33. The summed E-state index contributed by atoms with van der Waals surface area (Å²) in [5, 5.41) is 3.49. The van der Waals surface area contributed by atoms with Crippen molar-refractivity contribution in [1.29, 1.82) is 0 Å². The van der Waals surface area contributed by atoms with E-state index in [9.17, 15) is 13.2 Å². The van der Waals surface area contributed by atoms with Gasteiger partial charge in [0.2, 0.25) is 15.9 Å². The van der Waals surface area contributed by atoms with Crippen molar-refractivity contribution in [2.45, 2.75) is 31.0 Å². The molecule has 1 unspecified atom stereocenters. The lowest BCUT2D eigenvalue weighted by atomic mass is 10.2. The van der Waals surface area contributed by atoms with Crippen LogP contribution in [0.4, 0.5) is 5.69 Å². The van der Waals surface area contributed by atoms with E-state index in [1.165, 1.54) is 16.4 Å². The summed E-state index contributed by atoms with van der Waals surface area (Å²) in [6.07, 6.45) is 0. The number of halogens is 1. The number of ether oxygens (including phenoxy) is 1. The quantitative estimate of drug-likeness (QED) is 0.265. The van der Waals surface area contributed by atoms with E-state index in [1.54, 1.807) is 61.5 Å². The minimum Gasteiger partial charge on any atom is -0.489 e. The molecule has 0 heterocycles. The second kappa shape index (κ2) is 12.1. The van der Waals surface area contributed by atoms with Gasteiger partial charge >= 0.3 is 0 Å². The number of hydrogen-bond acceptors (Lipinski definition) is 4. The zero-order valence-corrected chi connectivity index (χ0v) is 21.8. The maximum atomic E-state index is 13.5. The molecule has 0 aromatic heterocycles. The molecule has 0 aliphatic rings. The molecule has 4 aromatic carbocycles. The Labute approximate surface area is 222 Å². The number of benzene rings is 4. The number of carbonyl (C=O) groups excluding carboxylic acids is 1. The van der Waals surface area contributed by atoms with Crippen LogP contribution in [-0.2, 0) is 28.0 Å². The maximum Gasteiger partial charge on any atom is 0.244 e. The van der Waals surface area contributed by atoms with Crippen LogP contribution in [0.25, 0.3) is 0 Å². The van der Waals surface area contributed by atoms with Crippen LogP contribution in [0.1, 0.15) is 18.1 Å². The first kappa shape index (κ1) is 26.4. The molecule has 0 spiro atoms. The first-order valence-electron chi connectivity index (χ1n) is 11.7. The van der Waals surface area contributed by atoms with Crippen LogP contribution in [0.5, 0.6) is 5.75 Å². The lowest BCUT2D eigenvalue weighted by Gasteiger charge is -2.28. The molecule has 6 nitrogen and oxygen atoms in total. The largest absolute Gasteiger partial charge is 0.489 e. The van der Waals surface area contributed by atoms with Crippen molar-refractivity contribution in [3.63, 3.8) is 0 Å². The third-order valence-corrected chi connectivity index (χ3v) is 7.97. The molecule has 0 radical (unpaired) electrons. The average molecular weight is 535 g/mol. The first-order chi connectivity index (χ1) is 17.8. The lowest BCUT2D eigenvalue weighted by molar-refractivity contribution is -0.119. The number of nitrogens with zero attached hydrogens (tertiary/aromatic N) is 1. The van der Waals surface area contributed by atoms with Crippen molar-refractivity contribution in [3.05, 3.63) is 125 Å². The fourth-order valence-corrected chi connectivity index (χ4v) is 5.41. The highest BCUT2D eigenvalue weighted by Crippen LogP contribution is 2.23. The summed E-state index contributed by atoms with van der Waals surface area (Å²) >= 11 is 5.91. The number of rotatable bonds is 10. The molecule has 0 fully saturated rings. The van der Waals surface area contributed by atoms with E-state index in [4.69, 9.17) is 16.3 Å². The molecule has 1 amide bonds. The average Bonchev–Trinajstić information content (AvgIpc) is 2.93. The van der Waals surface area contributed by atoms with Crippen molar-refractivity contribution in [2.75, 3.05) is 5.32 Å². The number of amides is 1. The Bertz CT molecular complexity index is 1410. The van der Waals surface area contributed by atoms with E-state index < -0.39 is 22.0 Å². The minimum atomic E-state index is -3.93. The van der Waals surface area contributed by atoms with E-state index >= 15 is 0 Å². The van der Waals surface area contributed by atoms with E-state index in [2.05, 4.69) is 5.32 Å². The Balaban J connectivity index is 1.46. The molecule has 8 heteroatoms. The number of sulfonamides is 1. The standard InChI is InChI=1S/C29H27ClN2O4S/c1-22(32(20-23-8-4-2-5-9-23)37(34,35)28-10-6-3-7-11-28)29(33)31-26-16-18-27(19-17-26)36-21-24-12-14-25(30)15-13-24/h2-19,22H,20-21H2,1H3,(H,31,33). The van der Waals surface area contributed by atoms with Gasteiger partial charge in [0.1, 0.15) is 18.4 Å². The van der Waals surface area contributed by atoms with Gasteiger partial charge in [0.15, 0.2) is 0 Å². The number of hydrogen-bond donors (Lipinski definition) is 1. The summed E-state index contributed by atoms with van der Waals surface area (Å²) in [6.45, 7) is 2.03. The fourth-order valence-electron chi connectivity index (χ4n) is 3.68. The predicted molar refractivity (Wildman–Crippen MR) is 146 cm³/mol. The molecular formula is C29H27ClN2O4S. The van der Waals surface area contributed by atoms with E-state index in [0.29, 0.717) is 23.1 Å². The molecule has 1 atom stereocenters. The molecule has 0 saturated heterocycles. The SMILES string of the molecule is CC(C(=O)Nc1ccc(OCc2ccc(Cl)cc2)cc1)N(Cc1ccccc1)S(=O)(=O)c1ccccc1. The van der Waals surface area contributed by atoms with Crippen LogP contribution in [0.15, 0.2) is 114 Å². The molecular weight excluding hydrogens is 508 g/mol.